The Balaban J connectivity index is 2.43. The van der Waals surface area contributed by atoms with Gasteiger partial charge in [0.2, 0.25) is 0 Å². The fraction of sp³-hybridized carbons (Fsp3) is 0. The first-order valence-corrected chi connectivity index (χ1v) is 4.16. The molecule has 1 aromatic carbocycles. The van der Waals surface area contributed by atoms with Gasteiger partial charge in [0.1, 0.15) is 12.1 Å². The SMILES string of the molecule is Nc1ccnn1-c1ccc(C=O)cc1. The number of carbonyl (C=O) groups excluding carboxylic acids is 1. The van der Waals surface area contributed by atoms with E-state index in [-0.39, 0.29) is 0 Å². The van der Waals surface area contributed by atoms with E-state index in [0.29, 0.717) is 11.4 Å². The summed E-state index contributed by atoms with van der Waals surface area (Å²) in [6.45, 7) is 0. The van der Waals surface area contributed by atoms with Crippen LogP contribution in [0.15, 0.2) is 36.5 Å². The smallest absolute Gasteiger partial charge is 0.150 e. The summed E-state index contributed by atoms with van der Waals surface area (Å²) >= 11 is 0. The monoisotopic (exact) mass is 187 g/mol. The number of hydrogen-bond acceptors (Lipinski definition) is 3. The Labute approximate surface area is 81.0 Å². The lowest BCUT2D eigenvalue weighted by molar-refractivity contribution is 0.112. The van der Waals surface area contributed by atoms with Crippen LogP contribution in [0.2, 0.25) is 0 Å². The van der Waals surface area contributed by atoms with Crippen LogP contribution in [0, 0.1) is 0 Å². The van der Waals surface area contributed by atoms with Gasteiger partial charge in [0, 0.05) is 11.6 Å². The van der Waals surface area contributed by atoms with Crippen LogP contribution in [0.3, 0.4) is 0 Å². The van der Waals surface area contributed by atoms with E-state index in [9.17, 15) is 4.79 Å². The van der Waals surface area contributed by atoms with Gasteiger partial charge in [0.25, 0.3) is 0 Å². The summed E-state index contributed by atoms with van der Waals surface area (Å²) in [6.07, 6.45) is 2.43. The van der Waals surface area contributed by atoms with Gasteiger partial charge in [0.05, 0.1) is 11.9 Å². The minimum absolute atomic E-state index is 0.573. The highest BCUT2D eigenvalue weighted by molar-refractivity contribution is 5.75. The summed E-state index contributed by atoms with van der Waals surface area (Å²) < 4.78 is 1.61. The standard InChI is InChI=1S/C10H9N3O/c11-10-5-6-12-13(10)9-3-1-8(7-14)2-4-9/h1-7H,11H2. The molecule has 0 atom stereocenters. The molecule has 0 unspecified atom stereocenters. The van der Waals surface area contributed by atoms with Crippen LogP contribution in [0.5, 0.6) is 0 Å². The fourth-order valence-electron chi connectivity index (χ4n) is 1.22. The van der Waals surface area contributed by atoms with Crippen molar-refractivity contribution in [2.75, 3.05) is 5.73 Å². The number of carbonyl (C=O) groups is 1. The maximum atomic E-state index is 10.4. The molecular weight excluding hydrogens is 178 g/mol. The van der Waals surface area contributed by atoms with E-state index < -0.39 is 0 Å². The van der Waals surface area contributed by atoms with Crippen molar-refractivity contribution in [1.82, 2.24) is 9.78 Å². The van der Waals surface area contributed by atoms with Crippen molar-refractivity contribution in [3.05, 3.63) is 42.1 Å². The topological polar surface area (TPSA) is 60.9 Å². The second-order valence-corrected chi connectivity index (χ2v) is 2.88. The average Bonchev–Trinajstić information content (AvgIpc) is 2.65. The first kappa shape index (κ1) is 8.50. The van der Waals surface area contributed by atoms with E-state index in [0.717, 1.165) is 12.0 Å². The molecule has 4 heteroatoms. The third-order valence-electron chi connectivity index (χ3n) is 1.95. The van der Waals surface area contributed by atoms with Crippen LogP contribution in [0.4, 0.5) is 5.82 Å². The zero-order chi connectivity index (χ0) is 9.97. The molecule has 2 rings (SSSR count). The lowest BCUT2D eigenvalue weighted by Gasteiger charge is -2.03. The Morgan fingerprint density at radius 2 is 1.93 bits per heavy atom. The predicted molar refractivity (Wildman–Crippen MR) is 53.4 cm³/mol. The first-order valence-electron chi connectivity index (χ1n) is 4.16. The molecule has 2 aromatic rings. The molecule has 4 nitrogen and oxygen atoms in total. The van der Waals surface area contributed by atoms with E-state index in [1.165, 1.54) is 0 Å². The summed E-state index contributed by atoms with van der Waals surface area (Å²) in [6, 6.07) is 8.76. The molecule has 14 heavy (non-hydrogen) atoms. The molecule has 0 aliphatic carbocycles. The highest BCUT2D eigenvalue weighted by Crippen LogP contribution is 2.11. The van der Waals surface area contributed by atoms with Gasteiger partial charge in [-0.2, -0.15) is 5.10 Å². The highest BCUT2D eigenvalue weighted by atomic mass is 16.1. The molecule has 1 heterocycles. The molecule has 0 aliphatic rings. The predicted octanol–water partition coefficient (Wildman–Crippen LogP) is 1.27. The second-order valence-electron chi connectivity index (χ2n) is 2.88. The van der Waals surface area contributed by atoms with Crippen LogP contribution in [-0.2, 0) is 0 Å². The van der Waals surface area contributed by atoms with Crippen LogP contribution >= 0.6 is 0 Å². The van der Waals surface area contributed by atoms with Crippen molar-refractivity contribution in [2.45, 2.75) is 0 Å². The minimum Gasteiger partial charge on any atom is -0.384 e. The zero-order valence-corrected chi connectivity index (χ0v) is 7.42. The number of hydrogen-bond donors (Lipinski definition) is 1. The molecule has 0 spiro atoms. The molecule has 0 saturated heterocycles. The number of rotatable bonds is 2. The molecule has 0 bridgehead atoms. The van der Waals surface area contributed by atoms with E-state index >= 15 is 0 Å². The summed E-state index contributed by atoms with van der Waals surface area (Å²) in [4.78, 5) is 10.4. The summed E-state index contributed by atoms with van der Waals surface area (Å²) in [7, 11) is 0. The number of aldehydes is 1. The van der Waals surface area contributed by atoms with Crippen molar-refractivity contribution >= 4 is 12.1 Å². The first-order chi connectivity index (χ1) is 6.81. The zero-order valence-electron chi connectivity index (χ0n) is 7.42. The van der Waals surface area contributed by atoms with Gasteiger partial charge >= 0.3 is 0 Å². The van der Waals surface area contributed by atoms with Gasteiger partial charge < -0.3 is 5.73 Å². The quantitative estimate of drug-likeness (QED) is 0.720. The van der Waals surface area contributed by atoms with Crippen molar-refractivity contribution in [3.8, 4) is 5.69 Å². The van der Waals surface area contributed by atoms with Gasteiger partial charge in [-0.15, -0.1) is 0 Å². The maximum Gasteiger partial charge on any atom is 0.150 e. The highest BCUT2D eigenvalue weighted by Gasteiger charge is 2.00. The number of nitrogens with zero attached hydrogens (tertiary/aromatic N) is 2. The number of anilines is 1. The lowest BCUT2D eigenvalue weighted by Crippen LogP contribution is -2.01. The van der Waals surface area contributed by atoms with Crippen LogP contribution < -0.4 is 5.73 Å². The number of nitrogen functional groups attached to an aromatic ring is 1. The molecule has 0 aliphatic heterocycles. The molecule has 1 aromatic heterocycles. The van der Waals surface area contributed by atoms with E-state index in [1.807, 2.05) is 0 Å². The van der Waals surface area contributed by atoms with E-state index in [4.69, 9.17) is 5.73 Å². The van der Waals surface area contributed by atoms with Crippen LogP contribution in [0.25, 0.3) is 5.69 Å². The largest absolute Gasteiger partial charge is 0.384 e. The normalized spacial score (nSPS) is 10.0. The molecule has 2 N–H and O–H groups in total. The van der Waals surface area contributed by atoms with Gasteiger partial charge in [-0.25, -0.2) is 4.68 Å². The summed E-state index contributed by atoms with van der Waals surface area (Å²) in [5, 5.41) is 4.04. The average molecular weight is 187 g/mol. The Bertz CT molecular complexity index is 445. The number of aromatic nitrogens is 2. The van der Waals surface area contributed by atoms with Crippen molar-refractivity contribution in [3.63, 3.8) is 0 Å². The molecule has 0 amide bonds. The van der Waals surface area contributed by atoms with Crippen molar-refractivity contribution in [1.29, 1.82) is 0 Å². The van der Waals surface area contributed by atoms with Crippen LogP contribution in [-0.4, -0.2) is 16.1 Å². The van der Waals surface area contributed by atoms with Gasteiger partial charge in [-0.3, -0.25) is 4.79 Å². The Kier molecular flexibility index (Phi) is 2.02. The summed E-state index contributed by atoms with van der Waals surface area (Å²) in [5.41, 5.74) is 7.16. The van der Waals surface area contributed by atoms with E-state index in [2.05, 4.69) is 5.10 Å². The third kappa shape index (κ3) is 1.37. The molecular formula is C10H9N3O. The molecule has 0 radical (unpaired) electrons. The van der Waals surface area contributed by atoms with Crippen LogP contribution in [0.1, 0.15) is 10.4 Å². The Morgan fingerprint density at radius 1 is 1.21 bits per heavy atom. The van der Waals surface area contributed by atoms with Gasteiger partial charge in [-0.05, 0) is 24.3 Å². The molecule has 70 valence electrons. The van der Waals surface area contributed by atoms with E-state index in [1.54, 1.807) is 41.2 Å². The molecule has 0 saturated carbocycles. The van der Waals surface area contributed by atoms with Gasteiger partial charge in [0.15, 0.2) is 0 Å². The number of nitrogens with two attached hydrogens (primary N) is 1. The summed E-state index contributed by atoms with van der Waals surface area (Å²) in [5.74, 6) is 0.573. The molecule has 0 fully saturated rings. The maximum absolute atomic E-state index is 10.4. The Morgan fingerprint density at radius 3 is 2.43 bits per heavy atom. The third-order valence-corrected chi connectivity index (χ3v) is 1.95. The van der Waals surface area contributed by atoms with Crippen molar-refractivity contribution in [2.24, 2.45) is 0 Å². The number of benzene rings is 1. The second kappa shape index (κ2) is 3.33. The lowest BCUT2D eigenvalue weighted by atomic mass is 10.2. The van der Waals surface area contributed by atoms with Crippen molar-refractivity contribution < 1.29 is 4.79 Å². The fourth-order valence-corrected chi connectivity index (χ4v) is 1.22. The van der Waals surface area contributed by atoms with Gasteiger partial charge in [-0.1, -0.05) is 0 Å². The minimum atomic E-state index is 0.573. The Hall–Kier alpha value is -2.10.